The summed E-state index contributed by atoms with van der Waals surface area (Å²) in [7, 11) is -8.32. The molecule has 2 heterocycles. The molecule has 0 aromatic carbocycles. The number of thiol groups is 1. The molecule has 588 valence electrons. The number of hydrogen-bond donors (Lipinski definition) is 5. The summed E-state index contributed by atoms with van der Waals surface area (Å²) in [5, 5.41) is 0. The number of unbranched alkanes of at least 4 members (excludes halogenated alkanes) is 45. The van der Waals surface area contributed by atoms with E-state index < -0.39 is 54.7 Å². The van der Waals surface area contributed by atoms with Crippen molar-refractivity contribution in [1.29, 1.82) is 0 Å². The summed E-state index contributed by atoms with van der Waals surface area (Å²) in [5.41, 5.74) is 0. The lowest BCUT2D eigenvalue weighted by Crippen LogP contribution is -2.28. The van der Waals surface area contributed by atoms with Gasteiger partial charge >= 0.3 is 0 Å². The molecule has 2 aliphatic heterocycles. The minimum atomic E-state index is -3.24. The van der Waals surface area contributed by atoms with Crippen LogP contribution < -0.4 is 0 Å². The maximum atomic E-state index is 11.8. The van der Waals surface area contributed by atoms with Crippen LogP contribution in [0.3, 0.4) is 0 Å². The van der Waals surface area contributed by atoms with Crippen molar-refractivity contribution in [2.45, 2.75) is 372 Å². The van der Waals surface area contributed by atoms with Gasteiger partial charge in [0.15, 0.2) is 0 Å². The summed E-state index contributed by atoms with van der Waals surface area (Å²) in [6.45, 7) is 7.90. The average molecular weight is 1500 g/mol. The van der Waals surface area contributed by atoms with Crippen molar-refractivity contribution >= 4 is 73.9 Å². The molecular weight excluding hydrogens is 1340 g/mol. The Morgan fingerprint density at radius 3 is 1.01 bits per heavy atom. The van der Waals surface area contributed by atoms with Crippen LogP contribution >= 0.6 is 42.9 Å². The van der Waals surface area contributed by atoms with Crippen molar-refractivity contribution in [1.82, 2.24) is 0 Å². The van der Waals surface area contributed by atoms with Crippen LogP contribution in [0.25, 0.3) is 0 Å². The third-order valence-corrected chi connectivity index (χ3v) is 23.2. The highest BCUT2D eigenvalue weighted by atomic mass is 32.1. The van der Waals surface area contributed by atoms with Crippen LogP contribution in [0.15, 0.2) is 0 Å². The predicted molar refractivity (Wildman–Crippen MR) is 425 cm³/mol. The zero-order chi connectivity index (χ0) is 72.2. The van der Waals surface area contributed by atoms with Gasteiger partial charge < -0.3 is 74.7 Å². The normalized spacial score (nSPS) is 18.7. The minimum absolute atomic E-state index is 0.0373. The molecule has 0 radical (unpaired) electrons. The number of ketones is 1. The number of Topliss-reactive ketones (excluding diaryl/α,β-unsaturated/α-hetero) is 1. The summed E-state index contributed by atoms with van der Waals surface area (Å²) < 4.78 is 63.6. The Hall–Kier alpha value is 0.580. The molecular formula is C76H156O17P4S. The second-order valence-corrected chi connectivity index (χ2v) is 35.2. The summed E-state index contributed by atoms with van der Waals surface area (Å²) in [4.78, 5) is 51.9. The molecule has 0 spiro atoms. The molecule has 2 fully saturated rings. The van der Waals surface area contributed by atoms with E-state index in [1.54, 1.807) is 7.11 Å². The summed E-state index contributed by atoms with van der Waals surface area (Å²) in [6, 6.07) is 0. The van der Waals surface area contributed by atoms with E-state index in [0.717, 1.165) is 63.5 Å². The zero-order valence-electron chi connectivity index (χ0n) is 63.8. The first kappa shape index (κ1) is 98.6. The smallest absolute Gasteiger partial charge is 0.248 e. The topological polar surface area (TPSA) is 209 Å². The molecule has 0 saturated carbocycles. The van der Waals surface area contributed by atoms with Gasteiger partial charge in [-0.3, -0.25) is 4.79 Å². The molecule has 0 aliphatic carbocycles. The Balaban J connectivity index is 0.00000149. The van der Waals surface area contributed by atoms with Crippen molar-refractivity contribution in [2.24, 2.45) is 0 Å². The van der Waals surface area contributed by atoms with Crippen LogP contribution in [0.1, 0.15) is 348 Å². The fourth-order valence-corrected chi connectivity index (χ4v) is 15.4. The molecule has 0 aromatic rings. The Labute approximate surface area is 608 Å². The van der Waals surface area contributed by atoms with Gasteiger partial charge in [-0.2, -0.15) is 12.6 Å². The fourth-order valence-electron chi connectivity index (χ4n) is 12.0. The van der Waals surface area contributed by atoms with Crippen molar-refractivity contribution < 1.29 is 79.5 Å². The fraction of sp³-hybridized carbons (Fsp3) is 0.934. The van der Waals surface area contributed by atoms with Crippen molar-refractivity contribution in [3.8, 4) is 0 Å². The largest absolute Gasteiger partial charge is 0.382 e. The van der Waals surface area contributed by atoms with Gasteiger partial charge in [0.05, 0.1) is 58.5 Å². The monoisotopic (exact) mass is 1500 g/mol. The first-order valence-corrected chi connectivity index (χ1v) is 47.4. The third kappa shape index (κ3) is 67.2. The van der Waals surface area contributed by atoms with Crippen LogP contribution in [-0.2, 0) is 59.9 Å². The predicted octanol–water partition coefficient (Wildman–Crippen LogP) is 22.1. The van der Waals surface area contributed by atoms with Gasteiger partial charge in [0.2, 0.25) is 30.3 Å². The number of hydrogen-bond acceptors (Lipinski definition) is 18. The molecule has 2 saturated heterocycles. The Kier molecular flexibility index (Phi) is 71.0. The van der Waals surface area contributed by atoms with Gasteiger partial charge in [-0.15, -0.1) is 0 Å². The standard InChI is InChI=1S/C41H84.C21H42O10P2.C14H30O7P2S/c1-3-5-7-9-11-13-15-17-19-21-23-25-27-29-31-33-35-37-39-41-40-38-36-34-32-30-28-26-24-22-20-18-16-14-12-10-8-6-4-2;1-25-16-17-27-14-11-19(22)10-8-6-5-7-9-13-29-33(4,24)31-20-12-15-28-21(20)18-30-32(3,23)26-2;1-17-22(2,15)21-13-8-10-18-14(13)12-20-23(3,16)19-9-6-4-5-7-11-24/h3-41H2,1-2H3;20-21,23-24H,3-18H2,1-2H3;13-16,24H,2-12H2,1H3. The summed E-state index contributed by atoms with van der Waals surface area (Å²) >= 11 is 4.16. The number of ether oxygens (including phenoxy) is 4. The lowest BCUT2D eigenvalue weighted by Gasteiger charge is -2.26. The highest BCUT2D eigenvalue weighted by Gasteiger charge is 2.35. The second kappa shape index (κ2) is 70.6. The van der Waals surface area contributed by atoms with Crippen molar-refractivity contribution in [2.75, 3.05) is 86.5 Å². The average Bonchev–Trinajstić information content (AvgIpc) is 1.71. The molecule has 98 heavy (non-hydrogen) atoms. The maximum absolute atomic E-state index is 11.8. The van der Waals surface area contributed by atoms with Gasteiger partial charge in [0.1, 0.15) is 18.0 Å². The minimum Gasteiger partial charge on any atom is -0.382 e. The Morgan fingerprint density at radius 1 is 0.367 bits per heavy atom. The Bertz CT molecular complexity index is 1890. The summed E-state index contributed by atoms with van der Waals surface area (Å²) in [5.74, 6) is 1.11. The molecule has 0 amide bonds. The molecule has 17 nitrogen and oxygen atoms in total. The molecule has 0 aromatic heterocycles. The molecule has 2 aliphatic rings. The van der Waals surface area contributed by atoms with Crippen molar-refractivity contribution in [3.63, 3.8) is 0 Å². The van der Waals surface area contributed by atoms with Crippen LogP contribution in [0, 0.1) is 0 Å². The highest BCUT2D eigenvalue weighted by molar-refractivity contribution is 7.80. The van der Waals surface area contributed by atoms with Crippen LogP contribution in [0.4, 0.5) is 0 Å². The van der Waals surface area contributed by atoms with Crippen LogP contribution in [-0.4, -0.2) is 162 Å². The van der Waals surface area contributed by atoms with Gasteiger partial charge in [-0.05, 0) is 56.6 Å². The summed E-state index contributed by atoms with van der Waals surface area (Å²) in [6.07, 6.45) is 81.2. The molecule has 22 heteroatoms. The first-order valence-electron chi connectivity index (χ1n) is 39.7. The van der Waals surface area contributed by atoms with E-state index >= 15 is 0 Å². The van der Waals surface area contributed by atoms with Gasteiger partial charge in [0.25, 0.3) is 0 Å². The number of methoxy groups -OCH3 is 1. The van der Waals surface area contributed by atoms with Crippen LogP contribution in [0.2, 0.25) is 0 Å². The second-order valence-electron chi connectivity index (χ2n) is 27.5. The van der Waals surface area contributed by atoms with Gasteiger partial charge in [-0.25, -0.2) is 0 Å². The number of carbonyl (C=O) groups is 1. The molecule has 0 bridgehead atoms. The molecule has 8 atom stereocenters. The van der Waals surface area contributed by atoms with E-state index in [1.165, 1.54) is 265 Å². The highest BCUT2D eigenvalue weighted by Crippen LogP contribution is 2.49. The van der Waals surface area contributed by atoms with E-state index in [1.807, 2.05) is 0 Å². The maximum Gasteiger partial charge on any atom is 0.248 e. The lowest BCUT2D eigenvalue weighted by atomic mass is 10.0. The molecule has 8 unspecified atom stereocenters. The first-order chi connectivity index (χ1) is 47.4. The Morgan fingerprint density at radius 2 is 0.673 bits per heavy atom. The zero-order valence-corrected chi connectivity index (χ0v) is 68.3. The van der Waals surface area contributed by atoms with Crippen LogP contribution in [0.5, 0.6) is 0 Å². The SMILES string of the molecule is C=P(O)(OC)OCC1OCCC1OP(=C)(O)OCCCCCCCC(=O)CCOCCOC.C=P(O)(OCCCCCCS)OCC1OCCC1OP(=C)(O)OC.CCCCCCCCCCCCCCCCCCCCCCCCCCCCCCCCCCCCCCCCC. The number of rotatable bonds is 72. The van der Waals surface area contributed by atoms with E-state index in [4.69, 9.17) is 55.1 Å². The number of carbonyl (C=O) groups excluding carboxylic acids is 1. The molecule has 2 rings (SSSR count). The van der Waals surface area contributed by atoms with Gasteiger partial charge in [0, 0.05) is 60.2 Å². The van der Waals surface area contributed by atoms with E-state index in [0.29, 0.717) is 71.9 Å². The van der Waals surface area contributed by atoms with Crippen molar-refractivity contribution in [3.05, 3.63) is 0 Å². The van der Waals surface area contributed by atoms with E-state index in [9.17, 15) is 24.4 Å². The lowest BCUT2D eigenvalue weighted by molar-refractivity contribution is -0.120. The quantitative estimate of drug-likeness (QED) is 0.0218. The van der Waals surface area contributed by atoms with Gasteiger partial charge in [-0.1, -0.05) is 296 Å². The third-order valence-electron chi connectivity index (χ3n) is 18.3. The molecule has 4 N–H and O–H groups in total. The van der Waals surface area contributed by atoms with E-state index in [-0.39, 0.29) is 19.0 Å². The van der Waals surface area contributed by atoms with E-state index in [2.05, 4.69) is 51.7 Å².